The van der Waals surface area contributed by atoms with Crippen LogP contribution in [0.5, 0.6) is 0 Å². The fourth-order valence-electron chi connectivity index (χ4n) is 2.45. The van der Waals surface area contributed by atoms with Crippen LogP contribution in [-0.4, -0.2) is 10.5 Å². The van der Waals surface area contributed by atoms with E-state index in [1.807, 2.05) is 6.92 Å². The molecule has 118 valence electrons. The molecule has 3 rings (SSSR count). The van der Waals surface area contributed by atoms with Gasteiger partial charge in [-0.2, -0.15) is 0 Å². The topological polar surface area (TPSA) is 64.2 Å². The Balaban J connectivity index is 1.94. The molecule has 0 aliphatic carbocycles. The largest absolute Gasteiger partial charge is 0.420 e. The van der Waals surface area contributed by atoms with Gasteiger partial charge in [-0.15, -0.1) is 0 Å². The van der Waals surface area contributed by atoms with Crippen LogP contribution >= 0.6 is 11.6 Å². The fraction of sp³-hybridized carbons (Fsp3) is 0.176. The van der Waals surface area contributed by atoms with E-state index in [0.29, 0.717) is 21.8 Å². The van der Waals surface area contributed by atoms with Crippen molar-refractivity contribution in [1.29, 1.82) is 0 Å². The fourth-order valence-corrected chi connectivity index (χ4v) is 2.62. The van der Waals surface area contributed by atoms with Gasteiger partial charge in [0.25, 0.3) is 0 Å². The Morgan fingerprint density at radius 3 is 2.74 bits per heavy atom. The van der Waals surface area contributed by atoms with Gasteiger partial charge in [-0.25, -0.2) is 4.79 Å². The first kappa shape index (κ1) is 15.4. The van der Waals surface area contributed by atoms with E-state index in [4.69, 9.17) is 16.0 Å². The third-order valence-electron chi connectivity index (χ3n) is 3.81. The molecule has 5 nitrogen and oxygen atoms in total. The van der Waals surface area contributed by atoms with Crippen LogP contribution in [0, 0.1) is 6.92 Å². The van der Waals surface area contributed by atoms with Gasteiger partial charge in [0.1, 0.15) is 6.04 Å². The summed E-state index contributed by atoms with van der Waals surface area (Å²) in [6.07, 6.45) is 0. The van der Waals surface area contributed by atoms with Crippen LogP contribution in [0.25, 0.3) is 11.1 Å². The molecule has 1 N–H and O–H groups in total. The number of amides is 1. The van der Waals surface area contributed by atoms with Gasteiger partial charge >= 0.3 is 5.76 Å². The minimum atomic E-state index is -0.718. The molecule has 23 heavy (non-hydrogen) atoms. The highest BCUT2D eigenvalue weighted by atomic mass is 35.5. The van der Waals surface area contributed by atoms with Gasteiger partial charge in [0.2, 0.25) is 5.91 Å². The second-order valence-electron chi connectivity index (χ2n) is 5.28. The van der Waals surface area contributed by atoms with Crippen LogP contribution in [0.15, 0.2) is 51.7 Å². The molecule has 1 atom stereocenters. The summed E-state index contributed by atoms with van der Waals surface area (Å²) in [6, 6.07) is 11.6. The minimum absolute atomic E-state index is 0.316. The van der Waals surface area contributed by atoms with E-state index in [1.54, 1.807) is 49.4 Å². The first-order valence-electron chi connectivity index (χ1n) is 7.15. The summed E-state index contributed by atoms with van der Waals surface area (Å²) in [5.74, 6) is -0.874. The summed E-state index contributed by atoms with van der Waals surface area (Å²) in [5.41, 5.74) is 2.44. The molecule has 0 radical (unpaired) electrons. The number of halogens is 1. The Hall–Kier alpha value is -2.53. The predicted octanol–water partition coefficient (Wildman–Crippen LogP) is 3.76. The highest BCUT2D eigenvalue weighted by Crippen LogP contribution is 2.24. The molecule has 1 amide bonds. The lowest BCUT2D eigenvalue weighted by Gasteiger charge is -2.15. The molecule has 0 spiro atoms. The summed E-state index contributed by atoms with van der Waals surface area (Å²) in [4.78, 5) is 24.6. The third kappa shape index (κ3) is 2.75. The molecule has 3 aromatic rings. The molecule has 2 aromatic carbocycles. The van der Waals surface area contributed by atoms with Crippen LogP contribution < -0.4 is 11.1 Å². The van der Waals surface area contributed by atoms with E-state index in [9.17, 15) is 9.59 Å². The number of benzene rings is 2. The van der Waals surface area contributed by atoms with Crippen LogP contribution in [0.4, 0.5) is 5.69 Å². The van der Waals surface area contributed by atoms with Crippen LogP contribution in [0.1, 0.15) is 18.5 Å². The Labute approximate surface area is 137 Å². The van der Waals surface area contributed by atoms with Crippen molar-refractivity contribution in [3.63, 3.8) is 0 Å². The molecule has 0 saturated heterocycles. The quantitative estimate of drug-likeness (QED) is 0.795. The van der Waals surface area contributed by atoms with Gasteiger partial charge in [-0.3, -0.25) is 9.36 Å². The summed E-state index contributed by atoms with van der Waals surface area (Å²) in [6.45, 7) is 3.47. The van der Waals surface area contributed by atoms with E-state index in [-0.39, 0.29) is 5.91 Å². The molecular formula is C17H15ClN2O3. The van der Waals surface area contributed by atoms with Crippen molar-refractivity contribution in [2.75, 3.05) is 5.32 Å². The maximum absolute atomic E-state index is 12.5. The van der Waals surface area contributed by atoms with Crippen molar-refractivity contribution in [2.45, 2.75) is 19.9 Å². The maximum atomic E-state index is 12.5. The van der Waals surface area contributed by atoms with Gasteiger partial charge in [-0.05, 0) is 43.7 Å². The van der Waals surface area contributed by atoms with Crippen molar-refractivity contribution >= 4 is 34.3 Å². The molecule has 0 aliphatic heterocycles. The highest BCUT2D eigenvalue weighted by Gasteiger charge is 2.21. The lowest BCUT2D eigenvalue weighted by Crippen LogP contribution is -2.29. The van der Waals surface area contributed by atoms with Gasteiger partial charge in [-0.1, -0.05) is 29.8 Å². The smallest absolute Gasteiger partial charge is 0.408 e. The second kappa shape index (κ2) is 5.93. The van der Waals surface area contributed by atoms with Crippen molar-refractivity contribution < 1.29 is 9.21 Å². The molecule has 0 aliphatic rings. The highest BCUT2D eigenvalue weighted by molar-refractivity contribution is 6.31. The number of para-hydroxylation sites is 2. The predicted molar refractivity (Wildman–Crippen MR) is 90.0 cm³/mol. The second-order valence-corrected chi connectivity index (χ2v) is 5.69. The normalized spacial score (nSPS) is 12.3. The number of nitrogens with one attached hydrogen (secondary N) is 1. The molecule has 6 heteroatoms. The zero-order chi connectivity index (χ0) is 16.6. The first-order chi connectivity index (χ1) is 11.0. The van der Waals surface area contributed by atoms with Crippen molar-refractivity contribution in [3.8, 4) is 0 Å². The van der Waals surface area contributed by atoms with E-state index >= 15 is 0 Å². The number of carbonyl (C=O) groups excluding carboxylic acids is 1. The minimum Gasteiger partial charge on any atom is -0.408 e. The van der Waals surface area contributed by atoms with Gasteiger partial charge < -0.3 is 9.73 Å². The van der Waals surface area contributed by atoms with E-state index in [2.05, 4.69) is 5.32 Å². The number of rotatable bonds is 3. The number of nitrogens with zero attached hydrogens (tertiary/aromatic N) is 1. The standard InChI is InChI=1S/C17H15ClN2O3/c1-10-12(18)6-5-7-13(10)19-16(21)11(2)20-14-8-3-4-9-15(14)23-17(20)22/h3-9,11H,1-2H3,(H,19,21). The van der Waals surface area contributed by atoms with Gasteiger partial charge in [0.15, 0.2) is 5.58 Å². The summed E-state index contributed by atoms with van der Waals surface area (Å²) in [5, 5.41) is 3.38. The molecule has 1 heterocycles. The van der Waals surface area contributed by atoms with E-state index < -0.39 is 11.8 Å². The number of hydrogen-bond donors (Lipinski definition) is 1. The lowest BCUT2D eigenvalue weighted by atomic mass is 10.2. The third-order valence-corrected chi connectivity index (χ3v) is 4.22. The number of fused-ring (bicyclic) bond motifs is 1. The van der Waals surface area contributed by atoms with Crippen LogP contribution in [0.3, 0.4) is 0 Å². The van der Waals surface area contributed by atoms with Gasteiger partial charge in [0, 0.05) is 10.7 Å². The SMILES string of the molecule is Cc1c(Cl)cccc1NC(=O)C(C)n1c(=O)oc2ccccc21. The average molecular weight is 331 g/mol. The number of hydrogen-bond acceptors (Lipinski definition) is 3. The van der Waals surface area contributed by atoms with Crippen LogP contribution in [0.2, 0.25) is 5.02 Å². The number of aromatic nitrogens is 1. The maximum Gasteiger partial charge on any atom is 0.420 e. The Kier molecular flexibility index (Phi) is 3.96. The van der Waals surface area contributed by atoms with E-state index in [0.717, 1.165) is 5.56 Å². The molecule has 1 aromatic heterocycles. The Morgan fingerprint density at radius 1 is 1.22 bits per heavy atom. The molecule has 0 fully saturated rings. The van der Waals surface area contributed by atoms with Crippen molar-refractivity contribution in [1.82, 2.24) is 4.57 Å². The molecular weight excluding hydrogens is 316 g/mol. The number of carbonyl (C=O) groups is 1. The van der Waals surface area contributed by atoms with Crippen molar-refractivity contribution in [2.24, 2.45) is 0 Å². The monoisotopic (exact) mass is 330 g/mol. The first-order valence-corrected chi connectivity index (χ1v) is 7.53. The average Bonchev–Trinajstić information content (AvgIpc) is 2.86. The van der Waals surface area contributed by atoms with Crippen LogP contribution in [-0.2, 0) is 4.79 Å². The Bertz CT molecular complexity index is 942. The zero-order valence-corrected chi connectivity index (χ0v) is 13.4. The lowest BCUT2D eigenvalue weighted by molar-refractivity contribution is -0.118. The number of oxazole rings is 1. The summed E-state index contributed by atoms with van der Waals surface area (Å²) < 4.78 is 6.51. The summed E-state index contributed by atoms with van der Waals surface area (Å²) in [7, 11) is 0. The van der Waals surface area contributed by atoms with Crippen molar-refractivity contribution in [3.05, 3.63) is 63.6 Å². The van der Waals surface area contributed by atoms with Gasteiger partial charge in [0.05, 0.1) is 5.52 Å². The molecule has 1 unspecified atom stereocenters. The van der Waals surface area contributed by atoms with E-state index in [1.165, 1.54) is 4.57 Å². The molecule has 0 bridgehead atoms. The number of anilines is 1. The Morgan fingerprint density at radius 2 is 1.96 bits per heavy atom. The molecule has 0 saturated carbocycles. The zero-order valence-electron chi connectivity index (χ0n) is 12.7. The summed E-state index contributed by atoms with van der Waals surface area (Å²) >= 11 is 6.06.